The van der Waals surface area contributed by atoms with Gasteiger partial charge in [0, 0.05) is 22.8 Å². The van der Waals surface area contributed by atoms with Crippen LogP contribution in [0.4, 0.5) is 0 Å². The van der Waals surface area contributed by atoms with Crippen molar-refractivity contribution in [2.45, 2.75) is 30.8 Å². The van der Waals surface area contributed by atoms with Crippen LogP contribution in [0.25, 0.3) is 17.1 Å². The first-order valence-corrected chi connectivity index (χ1v) is 10.8. The average molecular weight is 446 g/mol. The Kier molecular flexibility index (Phi) is 6.13. The van der Waals surface area contributed by atoms with Crippen LogP contribution in [0.2, 0.25) is 10.0 Å². The molecule has 0 amide bonds. The Hall–Kier alpha value is -2.42. The quantitative estimate of drug-likeness (QED) is 0.375. The van der Waals surface area contributed by atoms with Crippen molar-refractivity contribution in [3.05, 3.63) is 64.4 Å². The molecule has 2 aromatic heterocycles. The molecule has 0 spiro atoms. The Bertz CT molecular complexity index is 1110. The lowest BCUT2D eigenvalue weighted by Crippen LogP contribution is -2.05. The second kappa shape index (κ2) is 8.94. The second-order valence-corrected chi connectivity index (χ2v) is 7.99. The first-order chi connectivity index (χ1) is 14.2. The van der Waals surface area contributed by atoms with Gasteiger partial charge in [-0.3, -0.25) is 4.57 Å². The molecule has 0 aliphatic heterocycles. The summed E-state index contributed by atoms with van der Waals surface area (Å²) in [6, 6.07) is 15.3. The molecule has 0 saturated carbocycles. The van der Waals surface area contributed by atoms with Gasteiger partial charge in [-0.25, -0.2) is 4.68 Å². The standard InChI is InChI=1S/C19H17Cl2N7S/c1-2-10-27-17(22-25-26-27)12-29-19-24-23-18(15-9-8-13(20)11-16(15)21)28(19)14-6-4-3-5-7-14/h3-9,11H,2,10,12H2,1H3. The normalized spacial score (nSPS) is 11.1. The van der Waals surface area contributed by atoms with Crippen LogP contribution in [0.3, 0.4) is 0 Å². The zero-order valence-corrected chi connectivity index (χ0v) is 17.9. The van der Waals surface area contributed by atoms with Crippen molar-refractivity contribution < 1.29 is 0 Å². The molecule has 0 radical (unpaired) electrons. The van der Waals surface area contributed by atoms with E-state index in [2.05, 4.69) is 32.6 Å². The Labute approximate surface area is 182 Å². The molecule has 0 aliphatic carbocycles. The highest BCUT2D eigenvalue weighted by Crippen LogP contribution is 2.34. The molecule has 10 heteroatoms. The SMILES string of the molecule is CCCn1nnnc1CSc1nnc(-c2ccc(Cl)cc2Cl)n1-c1ccccc1. The number of hydrogen-bond acceptors (Lipinski definition) is 6. The van der Waals surface area contributed by atoms with E-state index >= 15 is 0 Å². The van der Waals surface area contributed by atoms with Crippen molar-refractivity contribution in [2.24, 2.45) is 0 Å². The Morgan fingerprint density at radius 3 is 2.59 bits per heavy atom. The average Bonchev–Trinajstić information content (AvgIpc) is 3.34. The van der Waals surface area contributed by atoms with Gasteiger partial charge >= 0.3 is 0 Å². The van der Waals surface area contributed by atoms with E-state index in [-0.39, 0.29) is 0 Å². The van der Waals surface area contributed by atoms with Gasteiger partial charge in [0.2, 0.25) is 0 Å². The van der Waals surface area contributed by atoms with E-state index in [1.165, 1.54) is 11.8 Å². The number of nitrogens with zero attached hydrogens (tertiary/aromatic N) is 7. The molecule has 148 valence electrons. The molecule has 29 heavy (non-hydrogen) atoms. The predicted octanol–water partition coefficient (Wildman–Crippen LogP) is 4.93. The maximum Gasteiger partial charge on any atom is 0.196 e. The van der Waals surface area contributed by atoms with Gasteiger partial charge in [0.15, 0.2) is 16.8 Å². The molecule has 0 saturated heterocycles. The van der Waals surface area contributed by atoms with Crippen molar-refractivity contribution in [3.8, 4) is 17.1 Å². The minimum atomic E-state index is 0.519. The number of halogens is 2. The smallest absolute Gasteiger partial charge is 0.196 e. The summed E-state index contributed by atoms with van der Waals surface area (Å²) in [5.41, 5.74) is 1.70. The third-order valence-corrected chi connectivity index (χ3v) is 5.66. The molecular weight excluding hydrogens is 429 g/mol. The minimum Gasteiger partial charge on any atom is -0.270 e. The molecule has 0 bridgehead atoms. The fraction of sp³-hybridized carbons (Fsp3) is 0.211. The van der Waals surface area contributed by atoms with Crippen molar-refractivity contribution in [1.82, 2.24) is 35.0 Å². The molecule has 0 atom stereocenters. The molecule has 0 N–H and O–H groups in total. The fourth-order valence-corrected chi connectivity index (χ4v) is 4.24. The lowest BCUT2D eigenvalue weighted by Gasteiger charge is -2.11. The maximum absolute atomic E-state index is 6.44. The van der Waals surface area contributed by atoms with Crippen LogP contribution in [-0.4, -0.2) is 35.0 Å². The van der Waals surface area contributed by atoms with Gasteiger partial charge < -0.3 is 0 Å². The van der Waals surface area contributed by atoms with E-state index in [0.717, 1.165) is 35.2 Å². The molecule has 2 heterocycles. The lowest BCUT2D eigenvalue weighted by atomic mass is 10.2. The zero-order chi connectivity index (χ0) is 20.2. The van der Waals surface area contributed by atoms with Crippen molar-refractivity contribution >= 4 is 35.0 Å². The second-order valence-electron chi connectivity index (χ2n) is 6.21. The fourth-order valence-electron chi connectivity index (χ4n) is 2.86. The van der Waals surface area contributed by atoms with Gasteiger partial charge in [-0.05, 0) is 47.2 Å². The number of para-hydroxylation sites is 1. The van der Waals surface area contributed by atoms with Gasteiger partial charge in [0.05, 0.1) is 10.8 Å². The topological polar surface area (TPSA) is 74.3 Å². The van der Waals surface area contributed by atoms with Crippen molar-refractivity contribution in [2.75, 3.05) is 0 Å². The number of aryl methyl sites for hydroxylation is 1. The molecule has 0 aliphatic rings. The molecular formula is C19H17Cl2N7S. The van der Waals surface area contributed by atoms with Gasteiger partial charge in [-0.15, -0.1) is 15.3 Å². The third-order valence-electron chi connectivity index (χ3n) is 4.19. The number of aromatic nitrogens is 7. The summed E-state index contributed by atoms with van der Waals surface area (Å²) in [4.78, 5) is 0. The summed E-state index contributed by atoms with van der Waals surface area (Å²) in [5.74, 6) is 2.02. The van der Waals surface area contributed by atoms with Gasteiger partial charge in [-0.1, -0.05) is 60.1 Å². The third kappa shape index (κ3) is 4.29. The lowest BCUT2D eigenvalue weighted by molar-refractivity contribution is 0.564. The van der Waals surface area contributed by atoms with E-state index in [4.69, 9.17) is 23.2 Å². The van der Waals surface area contributed by atoms with Crippen LogP contribution >= 0.6 is 35.0 Å². The number of tetrazole rings is 1. The van der Waals surface area contributed by atoms with Crippen LogP contribution < -0.4 is 0 Å². The first kappa shape index (κ1) is 19.9. The Morgan fingerprint density at radius 2 is 1.83 bits per heavy atom. The highest BCUT2D eigenvalue weighted by atomic mass is 35.5. The number of rotatable bonds is 7. The van der Waals surface area contributed by atoms with Gasteiger partial charge in [-0.2, -0.15) is 0 Å². The van der Waals surface area contributed by atoms with E-state index in [9.17, 15) is 0 Å². The van der Waals surface area contributed by atoms with Crippen LogP contribution in [0.5, 0.6) is 0 Å². The van der Waals surface area contributed by atoms with Crippen molar-refractivity contribution in [3.63, 3.8) is 0 Å². The number of hydrogen-bond donors (Lipinski definition) is 0. The Morgan fingerprint density at radius 1 is 1.00 bits per heavy atom. The summed E-state index contributed by atoms with van der Waals surface area (Å²) >= 11 is 14.0. The van der Waals surface area contributed by atoms with E-state index in [1.54, 1.807) is 12.1 Å². The summed E-state index contributed by atoms with van der Waals surface area (Å²) in [6.07, 6.45) is 0.960. The molecule has 2 aromatic carbocycles. The maximum atomic E-state index is 6.44. The van der Waals surface area contributed by atoms with Crippen molar-refractivity contribution in [1.29, 1.82) is 0 Å². The monoisotopic (exact) mass is 445 g/mol. The summed E-state index contributed by atoms with van der Waals surface area (Å²) in [5, 5.41) is 22.6. The summed E-state index contributed by atoms with van der Waals surface area (Å²) in [6.45, 7) is 2.87. The number of benzene rings is 2. The largest absolute Gasteiger partial charge is 0.270 e. The number of thioether (sulfide) groups is 1. The van der Waals surface area contributed by atoms with Crippen LogP contribution in [-0.2, 0) is 12.3 Å². The van der Waals surface area contributed by atoms with Crippen LogP contribution in [0, 0.1) is 0 Å². The molecule has 4 rings (SSSR count). The van der Waals surface area contributed by atoms with Gasteiger partial charge in [0.25, 0.3) is 0 Å². The van der Waals surface area contributed by atoms with E-state index in [0.29, 0.717) is 21.6 Å². The molecule has 7 nitrogen and oxygen atoms in total. The predicted molar refractivity (Wildman–Crippen MR) is 114 cm³/mol. The van der Waals surface area contributed by atoms with E-state index in [1.807, 2.05) is 45.6 Å². The minimum absolute atomic E-state index is 0.519. The first-order valence-electron chi connectivity index (χ1n) is 9.01. The summed E-state index contributed by atoms with van der Waals surface area (Å²) in [7, 11) is 0. The highest BCUT2D eigenvalue weighted by molar-refractivity contribution is 7.98. The van der Waals surface area contributed by atoms with Crippen LogP contribution in [0.15, 0.2) is 53.7 Å². The summed E-state index contributed by atoms with van der Waals surface area (Å²) < 4.78 is 3.79. The van der Waals surface area contributed by atoms with Gasteiger partial charge in [0.1, 0.15) is 0 Å². The van der Waals surface area contributed by atoms with E-state index < -0.39 is 0 Å². The molecule has 4 aromatic rings. The molecule has 0 fully saturated rings. The Balaban J connectivity index is 1.73. The van der Waals surface area contributed by atoms with Crippen LogP contribution in [0.1, 0.15) is 19.2 Å². The zero-order valence-electron chi connectivity index (χ0n) is 15.5. The highest BCUT2D eigenvalue weighted by Gasteiger charge is 2.19. The molecule has 0 unspecified atom stereocenters.